The van der Waals surface area contributed by atoms with Crippen molar-refractivity contribution in [1.82, 2.24) is 0 Å². The lowest BCUT2D eigenvalue weighted by atomic mass is 9.96. The van der Waals surface area contributed by atoms with E-state index in [0.717, 1.165) is 19.3 Å². The van der Waals surface area contributed by atoms with Crippen molar-refractivity contribution in [2.45, 2.75) is 58.2 Å². The fourth-order valence-electron chi connectivity index (χ4n) is 2.12. The standard InChI is InChI=1S/C11H22O2/c1-3-4-10(8-12)7-11-6-5-9(2)13-11/h9-12H,3-8H2,1-2H3. The molecule has 1 aliphatic rings. The van der Waals surface area contributed by atoms with Gasteiger partial charge in [-0.2, -0.15) is 0 Å². The number of hydrogen-bond acceptors (Lipinski definition) is 2. The molecule has 1 saturated heterocycles. The smallest absolute Gasteiger partial charge is 0.0583 e. The third kappa shape index (κ3) is 3.65. The summed E-state index contributed by atoms with van der Waals surface area (Å²) >= 11 is 0. The van der Waals surface area contributed by atoms with Gasteiger partial charge in [0.05, 0.1) is 12.2 Å². The van der Waals surface area contributed by atoms with Crippen LogP contribution in [0, 0.1) is 5.92 Å². The van der Waals surface area contributed by atoms with Crippen molar-refractivity contribution >= 4 is 0 Å². The van der Waals surface area contributed by atoms with Crippen molar-refractivity contribution < 1.29 is 9.84 Å². The summed E-state index contributed by atoms with van der Waals surface area (Å²) in [6.07, 6.45) is 6.56. The molecule has 3 unspecified atom stereocenters. The molecule has 0 saturated carbocycles. The average Bonchev–Trinajstić information content (AvgIpc) is 2.50. The molecule has 0 aromatic carbocycles. The molecule has 0 aromatic rings. The van der Waals surface area contributed by atoms with Crippen LogP contribution < -0.4 is 0 Å². The average molecular weight is 186 g/mol. The number of aliphatic hydroxyl groups excluding tert-OH is 1. The molecule has 1 heterocycles. The van der Waals surface area contributed by atoms with Crippen molar-refractivity contribution in [3.63, 3.8) is 0 Å². The van der Waals surface area contributed by atoms with E-state index in [4.69, 9.17) is 9.84 Å². The van der Waals surface area contributed by atoms with Crippen LogP contribution in [-0.2, 0) is 4.74 Å². The zero-order valence-electron chi connectivity index (χ0n) is 8.83. The van der Waals surface area contributed by atoms with Gasteiger partial charge in [0.15, 0.2) is 0 Å². The van der Waals surface area contributed by atoms with Gasteiger partial charge in [-0.05, 0) is 38.5 Å². The molecule has 3 atom stereocenters. The summed E-state index contributed by atoms with van der Waals surface area (Å²) in [5.41, 5.74) is 0. The van der Waals surface area contributed by atoms with Gasteiger partial charge in [0.2, 0.25) is 0 Å². The molecule has 1 N–H and O–H groups in total. The SMILES string of the molecule is CCCC(CO)CC1CCC(C)O1. The molecule has 2 heteroatoms. The normalized spacial score (nSPS) is 30.7. The minimum atomic E-state index is 0.322. The Balaban J connectivity index is 2.21. The topological polar surface area (TPSA) is 29.5 Å². The third-order valence-electron chi connectivity index (χ3n) is 2.87. The van der Waals surface area contributed by atoms with E-state index in [1.165, 1.54) is 12.8 Å². The van der Waals surface area contributed by atoms with Gasteiger partial charge in [0.25, 0.3) is 0 Å². The summed E-state index contributed by atoms with van der Waals surface area (Å²) in [7, 11) is 0. The van der Waals surface area contributed by atoms with E-state index in [1.54, 1.807) is 0 Å². The Morgan fingerprint density at radius 1 is 1.46 bits per heavy atom. The highest BCUT2D eigenvalue weighted by Gasteiger charge is 2.24. The second kappa shape index (κ2) is 5.61. The molecular formula is C11H22O2. The molecule has 13 heavy (non-hydrogen) atoms. The molecule has 1 aliphatic heterocycles. The number of ether oxygens (including phenoxy) is 1. The minimum absolute atomic E-state index is 0.322. The molecule has 1 rings (SSSR count). The maximum Gasteiger partial charge on any atom is 0.0583 e. The zero-order chi connectivity index (χ0) is 9.68. The van der Waals surface area contributed by atoms with E-state index in [9.17, 15) is 0 Å². The highest BCUT2D eigenvalue weighted by molar-refractivity contribution is 4.73. The monoisotopic (exact) mass is 186 g/mol. The van der Waals surface area contributed by atoms with E-state index in [-0.39, 0.29) is 0 Å². The molecule has 0 spiro atoms. The lowest BCUT2D eigenvalue weighted by Crippen LogP contribution is -2.16. The third-order valence-corrected chi connectivity index (χ3v) is 2.87. The Morgan fingerprint density at radius 3 is 2.69 bits per heavy atom. The van der Waals surface area contributed by atoms with Crippen molar-refractivity contribution in [3.05, 3.63) is 0 Å². The quantitative estimate of drug-likeness (QED) is 0.714. The summed E-state index contributed by atoms with van der Waals surface area (Å²) in [4.78, 5) is 0. The van der Waals surface area contributed by atoms with Crippen LogP contribution in [0.25, 0.3) is 0 Å². The van der Waals surface area contributed by atoms with Gasteiger partial charge in [-0.25, -0.2) is 0 Å². The van der Waals surface area contributed by atoms with Crippen LogP contribution in [0.1, 0.15) is 46.0 Å². The maximum atomic E-state index is 9.13. The van der Waals surface area contributed by atoms with Crippen LogP contribution >= 0.6 is 0 Å². The number of hydrogen-bond donors (Lipinski definition) is 1. The lowest BCUT2D eigenvalue weighted by Gasteiger charge is -2.17. The van der Waals surface area contributed by atoms with Crippen LogP contribution in [-0.4, -0.2) is 23.9 Å². The summed E-state index contributed by atoms with van der Waals surface area (Å²) in [5.74, 6) is 0.459. The van der Waals surface area contributed by atoms with Gasteiger partial charge < -0.3 is 9.84 Å². The lowest BCUT2D eigenvalue weighted by molar-refractivity contribution is 0.0325. The molecule has 0 radical (unpaired) electrons. The first-order valence-electron chi connectivity index (χ1n) is 5.52. The van der Waals surface area contributed by atoms with Gasteiger partial charge >= 0.3 is 0 Å². The fraction of sp³-hybridized carbons (Fsp3) is 1.00. The molecule has 78 valence electrons. The molecule has 0 aliphatic carbocycles. The Bertz CT molecular complexity index is 134. The molecule has 0 bridgehead atoms. The fourth-order valence-corrected chi connectivity index (χ4v) is 2.12. The Kier molecular flexibility index (Phi) is 4.74. The van der Waals surface area contributed by atoms with Crippen LogP contribution in [0.3, 0.4) is 0 Å². The van der Waals surface area contributed by atoms with Gasteiger partial charge in [0, 0.05) is 6.61 Å². The molecular weight excluding hydrogens is 164 g/mol. The Hall–Kier alpha value is -0.0800. The van der Waals surface area contributed by atoms with Crippen molar-refractivity contribution in [3.8, 4) is 0 Å². The van der Waals surface area contributed by atoms with Crippen LogP contribution in [0.5, 0.6) is 0 Å². The van der Waals surface area contributed by atoms with Crippen molar-refractivity contribution in [2.24, 2.45) is 5.92 Å². The number of rotatable bonds is 5. The first-order valence-corrected chi connectivity index (χ1v) is 5.52. The van der Waals surface area contributed by atoms with Crippen molar-refractivity contribution in [1.29, 1.82) is 0 Å². The van der Waals surface area contributed by atoms with Crippen LogP contribution in [0.2, 0.25) is 0 Å². The van der Waals surface area contributed by atoms with E-state index in [0.29, 0.717) is 24.7 Å². The second-order valence-electron chi connectivity index (χ2n) is 4.22. The summed E-state index contributed by atoms with van der Waals surface area (Å²) < 4.78 is 5.73. The van der Waals surface area contributed by atoms with Gasteiger partial charge in [0.1, 0.15) is 0 Å². The Morgan fingerprint density at radius 2 is 2.23 bits per heavy atom. The second-order valence-corrected chi connectivity index (χ2v) is 4.22. The van der Waals surface area contributed by atoms with Gasteiger partial charge in [-0.3, -0.25) is 0 Å². The molecule has 0 amide bonds. The largest absolute Gasteiger partial charge is 0.396 e. The summed E-state index contributed by atoms with van der Waals surface area (Å²) in [6, 6.07) is 0. The van der Waals surface area contributed by atoms with E-state index in [1.807, 2.05) is 0 Å². The number of aliphatic hydroxyl groups is 1. The van der Waals surface area contributed by atoms with E-state index in [2.05, 4.69) is 13.8 Å². The van der Waals surface area contributed by atoms with Crippen LogP contribution in [0.4, 0.5) is 0 Å². The summed E-state index contributed by atoms with van der Waals surface area (Å²) in [6.45, 7) is 4.62. The van der Waals surface area contributed by atoms with Gasteiger partial charge in [-0.15, -0.1) is 0 Å². The molecule has 0 aromatic heterocycles. The zero-order valence-corrected chi connectivity index (χ0v) is 8.83. The minimum Gasteiger partial charge on any atom is -0.396 e. The van der Waals surface area contributed by atoms with Gasteiger partial charge in [-0.1, -0.05) is 13.3 Å². The first kappa shape index (κ1) is 11.0. The van der Waals surface area contributed by atoms with E-state index < -0.39 is 0 Å². The predicted octanol–water partition coefficient (Wildman–Crippen LogP) is 2.35. The molecule has 1 fully saturated rings. The molecule has 2 nitrogen and oxygen atoms in total. The summed E-state index contributed by atoms with van der Waals surface area (Å²) in [5, 5.41) is 9.13. The predicted molar refractivity (Wildman–Crippen MR) is 53.7 cm³/mol. The first-order chi connectivity index (χ1) is 6.26. The van der Waals surface area contributed by atoms with E-state index >= 15 is 0 Å². The highest BCUT2D eigenvalue weighted by Crippen LogP contribution is 2.25. The maximum absolute atomic E-state index is 9.13. The highest BCUT2D eigenvalue weighted by atomic mass is 16.5. The van der Waals surface area contributed by atoms with Crippen LogP contribution in [0.15, 0.2) is 0 Å². The Labute approximate surface area is 81.3 Å². The van der Waals surface area contributed by atoms with Crippen molar-refractivity contribution in [2.75, 3.05) is 6.61 Å².